The fraction of sp³-hybridized carbons (Fsp3) is 1.00. The summed E-state index contributed by atoms with van der Waals surface area (Å²) in [6.07, 6.45) is 1.02. The van der Waals surface area contributed by atoms with Crippen LogP contribution in [0.5, 0.6) is 0 Å². The summed E-state index contributed by atoms with van der Waals surface area (Å²) in [4.78, 5) is 0. The second-order valence-corrected chi connectivity index (χ2v) is 2.70. The number of hydrogen-bond donors (Lipinski definition) is 2. The summed E-state index contributed by atoms with van der Waals surface area (Å²) in [6, 6.07) is 0.443. The quantitative estimate of drug-likeness (QED) is 0.555. The van der Waals surface area contributed by atoms with Gasteiger partial charge in [0.15, 0.2) is 0 Å². The predicted octanol–water partition coefficient (Wildman–Crippen LogP) is -0.397. The lowest BCUT2D eigenvalue weighted by Crippen LogP contribution is -2.42. The van der Waals surface area contributed by atoms with E-state index in [1.54, 1.807) is 0 Å². The highest BCUT2D eigenvalue weighted by atomic mass is 16.5. The normalized spacial score (nSPS) is 34.2. The van der Waals surface area contributed by atoms with Crippen molar-refractivity contribution >= 4 is 0 Å². The Morgan fingerprint density at radius 1 is 1.70 bits per heavy atom. The molecule has 0 saturated carbocycles. The SMILES string of the molecule is CNC1CCOCC1CO. The van der Waals surface area contributed by atoms with Gasteiger partial charge in [0, 0.05) is 25.2 Å². The van der Waals surface area contributed by atoms with Crippen molar-refractivity contribution in [3.05, 3.63) is 0 Å². The molecule has 0 aromatic carbocycles. The van der Waals surface area contributed by atoms with Crippen LogP contribution < -0.4 is 5.32 Å². The molecule has 10 heavy (non-hydrogen) atoms. The van der Waals surface area contributed by atoms with Crippen molar-refractivity contribution in [2.24, 2.45) is 5.92 Å². The molecule has 3 heteroatoms. The molecule has 1 aliphatic rings. The van der Waals surface area contributed by atoms with Crippen LogP contribution in [0.3, 0.4) is 0 Å². The minimum atomic E-state index is 0.228. The van der Waals surface area contributed by atoms with E-state index in [-0.39, 0.29) is 6.61 Å². The van der Waals surface area contributed by atoms with E-state index < -0.39 is 0 Å². The van der Waals surface area contributed by atoms with Gasteiger partial charge in [-0.3, -0.25) is 0 Å². The standard InChI is InChI=1S/C7H15NO2/c1-8-7-2-3-10-5-6(7)4-9/h6-9H,2-5H2,1H3. The highest BCUT2D eigenvalue weighted by molar-refractivity contribution is 4.77. The van der Waals surface area contributed by atoms with Gasteiger partial charge in [-0.05, 0) is 13.5 Å². The zero-order valence-corrected chi connectivity index (χ0v) is 6.34. The van der Waals surface area contributed by atoms with Gasteiger partial charge in [0.2, 0.25) is 0 Å². The highest BCUT2D eigenvalue weighted by Crippen LogP contribution is 2.12. The largest absolute Gasteiger partial charge is 0.396 e. The minimum absolute atomic E-state index is 0.228. The summed E-state index contributed by atoms with van der Waals surface area (Å²) in [7, 11) is 1.93. The van der Waals surface area contributed by atoms with Gasteiger partial charge >= 0.3 is 0 Å². The molecule has 2 unspecified atom stereocenters. The molecule has 0 spiro atoms. The van der Waals surface area contributed by atoms with Crippen LogP contribution in [0.2, 0.25) is 0 Å². The van der Waals surface area contributed by atoms with E-state index in [1.807, 2.05) is 7.05 Å². The van der Waals surface area contributed by atoms with Crippen LogP contribution in [-0.4, -0.2) is 38.0 Å². The van der Waals surface area contributed by atoms with Crippen molar-refractivity contribution in [3.63, 3.8) is 0 Å². The van der Waals surface area contributed by atoms with Crippen molar-refractivity contribution < 1.29 is 9.84 Å². The molecule has 0 radical (unpaired) electrons. The lowest BCUT2D eigenvalue weighted by atomic mass is 9.97. The number of aliphatic hydroxyl groups excluding tert-OH is 1. The molecule has 1 heterocycles. The summed E-state index contributed by atoms with van der Waals surface area (Å²) >= 11 is 0. The second-order valence-electron chi connectivity index (χ2n) is 2.70. The number of hydrogen-bond acceptors (Lipinski definition) is 3. The Hall–Kier alpha value is -0.120. The fourth-order valence-electron chi connectivity index (χ4n) is 1.36. The smallest absolute Gasteiger partial charge is 0.0531 e. The second kappa shape index (κ2) is 3.91. The maximum absolute atomic E-state index is 8.87. The molecule has 0 aromatic heterocycles. The van der Waals surface area contributed by atoms with E-state index in [9.17, 15) is 0 Å². The van der Waals surface area contributed by atoms with Crippen molar-refractivity contribution in [3.8, 4) is 0 Å². The van der Waals surface area contributed by atoms with Gasteiger partial charge in [-0.15, -0.1) is 0 Å². The van der Waals surface area contributed by atoms with Gasteiger partial charge in [-0.25, -0.2) is 0 Å². The Labute approximate surface area is 61.4 Å². The topological polar surface area (TPSA) is 41.5 Å². The van der Waals surface area contributed by atoms with Crippen LogP contribution in [0, 0.1) is 5.92 Å². The Kier molecular flexibility index (Phi) is 3.12. The zero-order valence-electron chi connectivity index (χ0n) is 6.34. The zero-order chi connectivity index (χ0) is 7.40. The number of ether oxygens (including phenoxy) is 1. The summed E-state index contributed by atoms with van der Waals surface area (Å²) < 4.78 is 5.21. The molecular weight excluding hydrogens is 130 g/mol. The van der Waals surface area contributed by atoms with Crippen LogP contribution in [0.4, 0.5) is 0 Å². The van der Waals surface area contributed by atoms with Crippen LogP contribution in [0.15, 0.2) is 0 Å². The summed E-state index contributed by atoms with van der Waals surface area (Å²) in [5.41, 5.74) is 0. The summed E-state index contributed by atoms with van der Waals surface area (Å²) in [5.74, 6) is 0.291. The summed E-state index contributed by atoms with van der Waals surface area (Å²) in [5, 5.41) is 12.0. The van der Waals surface area contributed by atoms with E-state index in [1.165, 1.54) is 0 Å². The minimum Gasteiger partial charge on any atom is -0.396 e. The molecule has 3 nitrogen and oxygen atoms in total. The molecule has 1 aliphatic heterocycles. The maximum Gasteiger partial charge on any atom is 0.0531 e. The lowest BCUT2D eigenvalue weighted by molar-refractivity contribution is 0.0103. The molecule has 2 N–H and O–H groups in total. The monoisotopic (exact) mass is 145 g/mol. The number of aliphatic hydroxyl groups is 1. The van der Waals surface area contributed by atoms with E-state index >= 15 is 0 Å². The number of rotatable bonds is 2. The molecule has 60 valence electrons. The van der Waals surface area contributed by atoms with E-state index in [0.717, 1.165) is 13.0 Å². The van der Waals surface area contributed by atoms with Crippen molar-refractivity contribution in [1.82, 2.24) is 5.32 Å². The first kappa shape index (κ1) is 7.98. The van der Waals surface area contributed by atoms with Crippen LogP contribution in [0.25, 0.3) is 0 Å². The van der Waals surface area contributed by atoms with Crippen LogP contribution >= 0.6 is 0 Å². The Morgan fingerprint density at radius 2 is 2.50 bits per heavy atom. The van der Waals surface area contributed by atoms with E-state index in [4.69, 9.17) is 9.84 Å². The van der Waals surface area contributed by atoms with Crippen molar-refractivity contribution in [1.29, 1.82) is 0 Å². The Balaban J connectivity index is 2.34. The third kappa shape index (κ3) is 1.68. The average molecular weight is 145 g/mol. The Bertz CT molecular complexity index is 85.6. The third-order valence-corrected chi connectivity index (χ3v) is 2.08. The van der Waals surface area contributed by atoms with Crippen molar-refractivity contribution in [2.45, 2.75) is 12.5 Å². The lowest BCUT2D eigenvalue weighted by Gasteiger charge is -2.29. The van der Waals surface area contributed by atoms with Crippen LogP contribution in [-0.2, 0) is 4.74 Å². The molecule has 2 atom stereocenters. The van der Waals surface area contributed by atoms with Crippen LogP contribution in [0.1, 0.15) is 6.42 Å². The molecule has 0 aromatic rings. The molecular formula is C7H15NO2. The average Bonchev–Trinajstić information content (AvgIpc) is 2.04. The Morgan fingerprint density at radius 3 is 3.00 bits per heavy atom. The molecule has 0 bridgehead atoms. The van der Waals surface area contributed by atoms with Gasteiger partial charge in [0.1, 0.15) is 0 Å². The first-order valence-electron chi connectivity index (χ1n) is 3.74. The van der Waals surface area contributed by atoms with Gasteiger partial charge in [-0.2, -0.15) is 0 Å². The van der Waals surface area contributed by atoms with Gasteiger partial charge in [-0.1, -0.05) is 0 Å². The van der Waals surface area contributed by atoms with E-state index in [0.29, 0.717) is 18.6 Å². The van der Waals surface area contributed by atoms with Gasteiger partial charge in [0.05, 0.1) is 6.61 Å². The first-order chi connectivity index (χ1) is 4.88. The highest BCUT2D eigenvalue weighted by Gasteiger charge is 2.22. The molecule has 1 rings (SSSR count). The molecule has 0 aliphatic carbocycles. The van der Waals surface area contributed by atoms with Gasteiger partial charge in [0.25, 0.3) is 0 Å². The van der Waals surface area contributed by atoms with E-state index in [2.05, 4.69) is 5.32 Å². The maximum atomic E-state index is 8.87. The summed E-state index contributed by atoms with van der Waals surface area (Å²) in [6.45, 7) is 1.75. The molecule has 1 saturated heterocycles. The first-order valence-corrected chi connectivity index (χ1v) is 3.74. The molecule has 0 amide bonds. The third-order valence-electron chi connectivity index (χ3n) is 2.08. The molecule has 1 fully saturated rings. The van der Waals surface area contributed by atoms with Gasteiger partial charge < -0.3 is 15.2 Å². The predicted molar refractivity (Wildman–Crippen MR) is 38.9 cm³/mol. The van der Waals surface area contributed by atoms with Crippen molar-refractivity contribution in [2.75, 3.05) is 26.9 Å². The fourth-order valence-corrected chi connectivity index (χ4v) is 1.36. The number of nitrogens with one attached hydrogen (secondary N) is 1.